The van der Waals surface area contributed by atoms with Gasteiger partial charge >= 0.3 is 0 Å². The van der Waals surface area contributed by atoms with Gasteiger partial charge < -0.3 is 5.32 Å². The lowest BCUT2D eigenvalue weighted by molar-refractivity contribution is -0.385. The summed E-state index contributed by atoms with van der Waals surface area (Å²) < 4.78 is 13.8. The lowest BCUT2D eigenvalue weighted by Crippen LogP contribution is -2.33. The molecule has 21 heavy (non-hydrogen) atoms. The number of benzene rings is 1. The molecule has 0 aliphatic carbocycles. The van der Waals surface area contributed by atoms with Crippen LogP contribution >= 0.6 is 15.9 Å². The second kappa shape index (κ2) is 8.44. The van der Waals surface area contributed by atoms with Gasteiger partial charge in [0.25, 0.3) is 5.69 Å². The van der Waals surface area contributed by atoms with Crippen LogP contribution in [0.15, 0.2) is 16.6 Å². The minimum absolute atomic E-state index is 0.0321. The molecule has 0 aliphatic heterocycles. The fourth-order valence-corrected chi connectivity index (χ4v) is 2.66. The molecule has 1 aromatic carbocycles. The number of nitrogens with one attached hydrogen (secondary N) is 1. The number of halogens is 2. The van der Waals surface area contributed by atoms with Crippen LogP contribution in [-0.2, 0) is 6.42 Å². The predicted octanol–water partition coefficient (Wildman–Crippen LogP) is 4.45. The Bertz CT molecular complexity index is 495. The Labute approximate surface area is 133 Å². The van der Waals surface area contributed by atoms with Gasteiger partial charge in [0.2, 0.25) is 0 Å². The van der Waals surface area contributed by atoms with Crippen molar-refractivity contribution >= 4 is 21.6 Å². The maximum absolute atomic E-state index is 13.7. The fourth-order valence-electron chi connectivity index (χ4n) is 2.33. The normalized spacial score (nSPS) is 12.7. The van der Waals surface area contributed by atoms with E-state index in [1.54, 1.807) is 0 Å². The molecule has 0 saturated heterocycles. The first-order valence-electron chi connectivity index (χ1n) is 7.20. The van der Waals surface area contributed by atoms with Crippen molar-refractivity contribution in [2.24, 2.45) is 5.92 Å². The van der Waals surface area contributed by atoms with Gasteiger partial charge in [0.15, 0.2) is 0 Å². The zero-order valence-corrected chi connectivity index (χ0v) is 14.2. The van der Waals surface area contributed by atoms with E-state index in [2.05, 4.69) is 42.0 Å². The zero-order chi connectivity index (χ0) is 16.0. The van der Waals surface area contributed by atoms with Crippen LogP contribution in [0, 0.1) is 21.8 Å². The lowest BCUT2D eigenvalue weighted by Gasteiger charge is -2.20. The molecule has 118 valence electrons. The Morgan fingerprint density at radius 2 is 2.10 bits per heavy atom. The quantitative estimate of drug-likeness (QED) is 0.550. The van der Waals surface area contributed by atoms with Gasteiger partial charge in [-0.15, -0.1) is 0 Å². The van der Waals surface area contributed by atoms with E-state index in [-0.39, 0.29) is 16.2 Å². The van der Waals surface area contributed by atoms with Crippen molar-refractivity contribution in [1.29, 1.82) is 0 Å². The molecule has 0 radical (unpaired) electrons. The summed E-state index contributed by atoms with van der Waals surface area (Å²) in [5.41, 5.74) is 0.408. The SMILES string of the molecule is CCCNC(Cc1cc(F)c(Br)cc1[N+](=O)[O-])CC(C)C. The van der Waals surface area contributed by atoms with Crippen LogP contribution in [-0.4, -0.2) is 17.5 Å². The third-order valence-corrected chi connectivity index (χ3v) is 3.83. The van der Waals surface area contributed by atoms with E-state index in [1.165, 1.54) is 12.1 Å². The molecular formula is C15H22BrFN2O2. The molecule has 4 nitrogen and oxygen atoms in total. The van der Waals surface area contributed by atoms with Crippen LogP contribution in [0.5, 0.6) is 0 Å². The van der Waals surface area contributed by atoms with Crippen LogP contribution in [0.25, 0.3) is 0 Å². The van der Waals surface area contributed by atoms with Crippen molar-refractivity contribution in [3.8, 4) is 0 Å². The van der Waals surface area contributed by atoms with E-state index in [9.17, 15) is 14.5 Å². The second-order valence-corrected chi connectivity index (χ2v) is 6.49. The Hall–Kier alpha value is -1.01. The van der Waals surface area contributed by atoms with Gasteiger partial charge in [-0.05, 0) is 53.7 Å². The summed E-state index contributed by atoms with van der Waals surface area (Å²) in [7, 11) is 0. The first-order valence-corrected chi connectivity index (χ1v) is 8.00. The number of nitro groups is 1. The maximum atomic E-state index is 13.7. The number of hydrogen-bond acceptors (Lipinski definition) is 3. The van der Waals surface area contributed by atoms with Crippen LogP contribution in [0.2, 0.25) is 0 Å². The van der Waals surface area contributed by atoms with Gasteiger partial charge in [-0.1, -0.05) is 20.8 Å². The van der Waals surface area contributed by atoms with Crippen LogP contribution in [0.4, 0.5) is 10.1 Å². The smallest absolute Gasteiger partial charge is 0.273 e. The molecule has 1 rings (SSSR count). The lowest BCUT2D eigenvalue weighted by atomic mass is 9.96. The first kappa shape index (κ1) is 18.0. The van der Waals surface area contributed by atoms with E-state index >= 15 is 0 Å². The van der Waals surface area contributed by atoms with E-state index < -0.39 is 10.7 Å². The summed E-state index contributed by atoms with van der Waals surface area (Å²) in [6, 6.07) is 2.63. The third-order valence-electron chi connectivity index (χ3n) is 3.22. The number of rotatable bonds is 8. The molecule has 0 spiro atoms. The molecule has 1 N–H and O–H groups in total. The third kappa shape index (κ3) is 5.71. The fraction of sp³-hybridized carbons (Fsp3) is 0.600. The summed E-state index contributed by atoms with van der Waals surface area (Å²) in [5.74, 6) is 0.00750. The van der Waals surface area contributed by atoms with Crippen molar-refractivity contribution in [2.45, 2.75) is 46.1 Å². The highest BCUT2D eigenvalue weighted by Crippen LogP contribution is 2.28. The standard InChI is InChI=1S/C15H22BrFN2O2/c1-4-5-18-12(6-10(2)3)7-11-8-14(17)13(16)9-15(11)19(20)21/h8-10,12,18H,4-7H2,1-3H3. The van der Waals surface area contributed by atoms with Crippen LogP contribution in [0.1, 0.15) is 39.2 Å². The van der Waals surface area contributed by atoms with Gasteiger partial charge in [0, 0.05) is 17.7 Å². The minimum atomic E-state index is -0.464. The summed E-state index contributed by atoms with van der Waals surface area (Å²) in [4.78, 5) is 10.7. The molecule has 1 aromatic rings. The topological polar surface area (TPSA) is 55.2 Å². The number of nitrogens with zero attached hydrogens (tertiary/aromatic N) is 1. The van der Waals surface area contributed by atoms with Gasteiger partial charge in [-0.2, -0.15) is 0 Å². The molecule has 1 unspecified atom stereocenters. The molecular weight excluding hydrogens is 339 g/mol. The molecule has 6 heteroatoms. The highest BCUT2D eigenvalue weighted by molar-refractivity contribution is 9.10. The molecule has 0 aromatic heterocycles. The Morgan fingerprint density at radius 3 is 2.62 bits per heavy atom. The van der Waals surface area contributed by atoms with Crippen LogP contribution < -0.4 is 5.32 Å². The van der Waals surface area contributed by atoms with Crippen molar-refractivity contribution in [3.05, 3.63) is 38.1 Å². The van der Waals surface area contributed by atoms with Gasteiger partial charge in [-0.3, -0.25) is 10.1 Å². The number of nitro benzene ring substituents is 1. The van der Waals surface area contributed by atoms with Crippen molar-refractivity contribution in [2.75, 3.05) is 6.54 Å². The van der Waals surface area contributed by atoms with Crippen molar-refractivity contribution in [1.82, 2.24) is 5.32 Å². The molecule has 0 saturated carbocycles. The molecule has 0 bridgehead atoms. The number of hydrogen-bond donors (Lipinski definition) is 1. The second-order valence-electron chi connectivity index (χ2n) is 5.64. The summed E-state index contributed by atoms with van der Waals surface area (Å²) in [6.45, 7) is 7.14. The first-order chi connectivity index (χ1) is 9.85. The van der Waals surface area contributed by atoms with Gasteiger partial charge in [-0.25, -0.2) is 4.39 Å². The van der Waals surface area contributed by atoms with E-state index in [4.69, 9.17) is 0 Å². The zero-order valence-electron chi connectivity index (χ0n) is 12.7. The monoisotopic (exact) mass is 360 g/mol. The molecule has 0 heterocycles. The highest BCUT2D eigenvalue weighted by Gasteiger charge is 2.21. The minimum Gasteiger partial charge on any atom is -0.314 e. The summed E-state index contributed by atoms with van der Waals surface area (Å²) in [6.07, 6.45) is 2.35. The van der Waals surface area contributed by atoms with Crippen molar-refractivity contribution < 1.29 is 9.31 Å². The molecule has 0 amide bonds. The predicted molar refractivity (Wildman–Crippen MR) is 86.0 cm³/mol. The van der Waals surface area contributed by atoms with E-state index in [1.807, 2.05) is 0 Å². The molecule has 0 aliphatic rings. The van der Waals surface area contributed by atoms with E-state index in [0.717, 1.165) is 19.4 Å². The van der Waals surface area contributed by atoms with Gasteiger partial charge in [0.1, 0.15) is 5.82 Å². The van der Waals surface area contributed by atoms with E-state index in [0.29, 0.717) is 17.9 Å². The Balaban J connectivity index is 3.00. The Morgan fingerprint density at radius 1 is 1.43 bits per heavy atom. The highest BCUT2D eigenvalue weighted by atomic mass is 79.9. The molecule has 0 fully saturated rings. The van der Waals surface area contributed by atoms with Gasteiger partial charge in [0.05, 0.1) is 9.40 Å². The van der Waals surface area contributed by atoms with Crippen molar-refractivity contribution in [3.63, 3.8) is 0 Å². The largest absolute Gasteiger partial charge is 0.314 e. The average Bonchev–Trinajstić information content (AvgIpc) is 2.38. The summed E-state index contributed by atoms with van der Waals surface area (Å²) in [5, 5.41) is 14.5. The average molecular weight is 361 g/mol. The molecule has 1 atom stereocenters. The Kier molecular flexibility index (Phi) is 7.25. The maximum Gasteiger partial charge on any atom is 0.273 e. The van der Waals surface area contributed by atoms with Crippen LogP contribution in [0.3, 0.4) is 0 Å². The summed E-state index contributed by atoms with van der Waals surface area (Å²) >= 11 is 3.00.